The predicted molar refractivity (Wildman–Crippen MR) is 83.3 cm³/mol. The molecule has 2 atom stereocenters. The first-order valence-corrected chi connectivity index (χ1v) is 9.34. The SMILES string of the molecule is CS(=O)(=O)N1CC2OCCN(C(=O)OCc3ccccc3)C2C1. The van der Waals surface area contributed by atoms with E-state index in [2.05, 4.69) is 0 Å². The molecule has 7 nitrogen and oxygen atoms in total. The van der Waals surface area contributed by atoms with E-state index in [4.69, 9.17) is 9.47 Å². The van der Waals surface area contributed by atoms with Gasteiger partial charge in [0.1, 0.15) is 6.61 Å². The van der Waals surface area contributed by atoms with Crippen LogP contribution in [0.4, 0.5) is 4.79 Å². The average Bonchev–Trinajstić information content (AvgIpc) is 2.98. The molecule has 0 aromatic heterocycles. The lowest BCUT2D eigenvalue weighted by molar-refractivity contribution is -0.0443. The van der Waals surface area contributed by atoms with E-state index in [9.17, 15) is 13.2 Å². The second-order valence-electron chi connectivity index (χ2n) is 5.79. The highest BCUT2D eigenvalue weighted by Crippen LogP contribution is 2.25. The van der Waals surface area contributed by atoms with Gasteiger partial charge in [0, 0.05) is 19.6 Å². The van der Waals surface area contributed by atoms with E-state index < -0.39 is 16.1 Å². The van der Waals surface area contributed by atoms with E-state index >= 15 is 0 Å². The van der Waals surface area contributed by atoms with Crippen molar-refractivity contribution in [3.63, 3.8) is 0 Å². The summed E-state index contributed by atoms with van der Waals surface area (Å²) in [6.07, 6.45) is 0.452. The molecule has 2 aliphatic rings. The number of hydrogen-bond donors (Lipinski definition) is 0. The van der Waals surface area contributed by atoms with E-state index in [0.29, 0.717) is 13.2 Å². The lowest BCUT2D eigenvalue weighted by Gasteiger charge is -2.35. The number of rotatable bonds is 3. The van der Waals surface area contributed by atoms with Crippen molar-refractivity contribution in [2.24, 2.45) is 0 Å². The van der Waals surface area contributed by atoms with Crippen molar-refractivity contribution in [2.75, 3.05) is 32.5 Å². The van der Waals surface area contributed by atoms with E-state index in [-0.39, 0.29) is 31.8 Å². The van der Waals surface area contributed by atoms with Crippen molar-refractivity contribution in [2.45, 2.75) is 18.8 Å². The molecule has 2 heterocycles. The first-order valence-electron chi connectivity index (χ1n) is 7.49. The summed E-state index contributed by atoms with van der Waals surface area (Å²) in [6.45, 7) is 1.53. The van der Waals surface area contributed by atoms with Gasteiger partial charge in [0.25, 0.3) is 0 Å². The number of morpholine rings is 1. The van der Waals surface area contributed by atoms with Crippen LogP contribution in [0.15, 0.2) is 30.3 Å². The molecule has 23 heavy (non-hydrogen) atoms. The van der Waals surface area contributed by atoms with Crippen LogP contribution in [0.25, 0.3) is 0 Å². The van der Waals surface area contributed by atoms with E-state index in [1.54, 1.807) is 4.90 Å². The van der Waals surface area contributed by atoms with Crippen LogP contribution in [0, 0.1) is 0 Å². The normalized spacial score (nSPS) is 25.2. The smallest absolute Gasteiger partial charge is 0.410 e. The Morgan fingerprint density at radius 3 is 2.74 bits per heavy atom. The molecule has 8 heteroatoms. The molecule has 2 saturated heterocycles. The number of amides is 1. The molecule has 0 saturated carbocycles. The molecule has 2 aliphatic heterocycles. The fourth-order valence-electron chi connectivity index (χ4n) is 2.95. The Morgan fingerprint density at radius 2 is 2.04 bits per heavy atom. The second kappa shape index (κ2) is 6.46. The van der Waals surface area contributed by atoms with Crippen molar-refractivity contribution in [1.29, 1.82) is 0 Å². The summed E-state index contributed by atoms with van der Waals surface area (Å²) >= 11 is 0. The van der Waals surface area contributed by atoms with Crippen molar-refractivity contribution in [3.8, 4) is 0 Å². The van der Waals surface area contributed by atoms with Crippen LogP contribution >= 0.6 is 0 Å². The van der Waals surface area contributed by atoms with Crippen molar-refractivity contribution < 1.29 is 22.7 Å². The molecular formula is C15H20N2O5S. The molecular weight excluding hydrogens is 320 g/mol. The minimum atomic E-state index is -3.29. The topological polar surface area (TPSA) is 76.2 Å². The fourth-order valence-corrected chi connectivity index (χ4v) is 3.80. The van der Waals surface area contributed by atoms with Crippen LogP contribution in [0.2, 0.25) is 0 Å². The summed E-state index contributed by atoms with van der Waals surface area (Å²) in [5, 5.41) is 0. The van der Waals surface area contributed by atoms with Gasteiger partial charge in [-0.15, -0.1) is 0 Å². The minimum Gasteiger partial charge on any atom is -0.445 e. The lowest BCUT2D eigenvalue weighted by Crippen LogP contribution is -2.53. The van der Waals surface area contributed by atoms with Gasteiger partial charge in [0.2, 0.25) is 10.0 Å². The van der Waals surface area contributed by atoms with Gasteiger partial charge < -0.3 is 9.47 Å². The molecule has 1 aromatic carbocycles. The Balaban J connectivity index is 1.64. The number of fused-ring (bicyclic) bond motifs is 1. The zero-order valence-corrected chi connectivity index (χ0v) is 13.7. The summed E-state index contributed by atoms with van der Waals surface area (Å²) in [4.78, 5) is 13.9. The average molecular weight is 340 g/mol. The highest BCUT2D eigenvalue weighted by atomic mass is 32.2. The van der Waals surface area contributed by atoms with Crippen molar-refractivity contribution in [3.05, 3.63) is 35.9 Å². The highest BCUT2D eigenvalue weighted by Gasteiger charge is 2.45. The number of ether oxygens (including phenoxy) is 2. The van der Waals surface area contributed by atoms with Gasteiger partial charge in [0.15, 0.2) is 0 Å². The summed E-state index contributed by atoms with van der Waals surface area (Å²) in [5.41, 5.74) is 0.912. The predicted octanol–water partition coefficient (Wildman–Crippen LogP) is 0.668. The maximum atomic E-state index is 12.4. The highest BCUT2D eigenvalue weighted by molar-refractivity contribution is 7.88. The minimum absolute atomic E-state index is 0.199. The third kappa shape index (κ3) is 3.65. The maximum absolute atomic E-state index is 12.4. The first kappa shape index (κ1) is 16.2. The monoisotopic (exact) mass is 340 g/mol. The van der Waals surface area contributed by atoms with E-state index in [1.807, 2.05) is 30.3 Å². The number of nitrogens with zero attached hydrogens (tertiary/aromatic N) is 2. The lowest BCUT2D eigenvalue weighted by atomic mass is 10.1. The Bertz CT molecular complexity index is 664. The Morgan fingerprint density at radius 1 is 1.30 bits per heavy atom. The zero-order chi connectivity index (χ0) is 16.4. The van der Waals surface area contributed by atoms with Gasteiger partial charge in [-0.2, -0.15) is 4.31 Å². The molecule has 126 valence electrons. The molecule has 1 aromatic rings. The van der Waals surface area contributed by atoms with Gasteiger partial charge in [0.05, 0.1) is 25.0 Å². The molecule has 0 aliphatic carbocycles. The van der Waals surface area contributed by atoms with Gasteiger partial charge in [-0.3, -0.25) is 4.90 Å². The Hall–Kier alpha value is -1.64. The summed E-state index contributed by atoms with van der Waals surface area (Å²) in [5.74, 6) is 0. The molecule has 3 rings (SSSR count). The third-order valence-corrected chi connectivity index (χ3v) is 5.41. The first-order chi connectivity index (χ1) is 10.9. The molecule has 0 bridgehead atoms. The van der Waals surface area contributed by atoms with Crippen LogP contribution in [0.1, 0.15) is 5.56 Å². The zero-order valence-electron chi connectivity index (χ0n) is 12.9. The number of benzene rings is 1. The summed E-state index contributed by atoms with van der Waals surface area (Å²) in [7, 11) is -3.29. The van der Waals surface area contributed by atoms with Gasteiger partial charge in [-0.05, 0) is 5.56 Å². The van der Waals surface area contributed by atoms with Gasteiger partial charge in [-0.25, -0.2) is 13.2 Å². The number of hydrogen-bond acceptors (Lipinski definition) is 5. The molecule has 2 unspecified atom stereocenters. The van der Waals surface area contributed by atoms with Gasteiger partial charge in [-0.1, -0.05) is 30.3 Å². The van der Waals surface area contributed by atoms with E-state index in [0.717, 1.165) is 5.56 Å². The van der Waals surface area contributed by atoms with Crippen LogP contribution < -0.4 is 0 Å². The summed E-state index contributed by atoms with van der Waals surface area (Å²) < 4.78 is 35.7. The van der Waals surface area contributed by atoms with Crippen LogP contribution in [0.3, 0.4) is 0 Å². The quantitative estimate of drug-likeness (QED) is 0.808. The standard InChI is InChI=1S/C15H20N2O5S/c1-23(19,20)16-9-13-14(10-16)21-8-7-17(13)15(18)22-11-12-5-3-2-4-6-12/h2-6,13-14H,7-11H2,1H3. The Labute approximate surface area is 135 Å². The molecule has 0 radical (unpaired) electrons. The van der Waals surface area contributed by atoms with Gasteiger partial charge >= 0.3 is 6.09 Å². The van der Waals surface area contributed by atoms with Crippen LogP contribution in [-0.2, 0) is 26.1 Å². The van der Waals surface area contributed by atoms with Crippen LogP contribution in [0.5, 0.6) is 0 Å². The number of carbonyl (C=O) groups is 1. The second-order valence-corrected chi connectivity index (χ2v) is 7.77. The number of sulfonamides is 1. The molecule has 0 N–H and O–H groups in total. The molecule has 0 spiro atoms. The Kier molecular flexibility index (Phi) is 4.56. The molecule has 2 fully saturated rings. The molecule has 1 amide bonds. The fraction of sp³-hybridized carbons (Fsp3) is 0.533. The van der Waals surface area contributed by atoms with Crippen molar-refractivity contribution in [1.82, 2.24) is 9.21 Å². The summed E-state index contributed by atoms with van der Waals surface area (Å²) in [6, 6.07) is 9.15. The van der Waals surface area contributed by atoms with Crippen LogP contribution in [-0.4, -0.2) is 68.4 Å². The largest absolute Gasteiger partial charge is 0.445 e. The number of carbonyl (C=O) groups excluding carboxylic acids is 1. The van der Waals surface area contributed by atoms with Crippen molar-refractivity contribution >= 4 is 16.1 Å². The van der Waals surface area contributed by atoms with E-state index in [1.165, 1.54) is 10.6 Å². The third-order valence-electron chi connectivity index (χ3n) is 4.18. The maximum Gasteiger partial charge on any atom is 0.410 e.